The minimum Gasteiger partial charge on any atom is -0.480 e. The monoisotopic (exact) mass is 426 g/mol. The van der Waals surface area contributed by atoms with Gasteiger partial charge in [0, 0.05) is 37.3 Å². The Morgan fingerprint density at radius 2 is 1.20 bits per heavy atom. The lowest BCUT2D eigenvalue weighted by molar-refractivity contribution is -0.139. The summed E-state index contributed by atoms with van der Waals surface area (Å²) in [4.78, 5) is 30.8. The molecule has 0 bridgehead atoms. The molecule has 2 aliphatic rings. The number of nitrogens with zero attached hydrogens (tertiary/aromatic N) is 4. The first kappa shape index (κ1) is 25.0. The number of hydrogen-bond donors (Lipinski definition) is 1. The highest BCUT2D eigenvalue weighted by molar-refractivity contribution is 5.69. The van der Waals surface area contributed by atoms with Gasteiger partial charge in [-0.15, -0.1) is 0 Å². The van der Waals surface area contributed by atoms with Gasteiger partial charge >= 0.3 is 5.97 Å². The fourth-order valence-corrected chi connectivity index (χ4v) is 5.46. The number of carboxylic acids is 1. The van der Waals surface area contributed by atoms with Gasteiger partial charge in [0.2, 0.25) is 0 Å². The van der Waals surface area contributed by atoms with E-state index < -0.39 is 5.97 Å². The van der Waals surface area contributed by atoms with Gasteiger partial charge in [-0.3, -0.25) is 19.4 Å². The van der Waals surface area contributed by atoms with Gasteiger partial charge in [0.25, 0.3) is 6.47 Å². The first-order chi connectivity index (χ1) is 14.3. The molecule has 2 saturated carbocycles. The van der Waals surface area contributed by atoms with Gasteiger partial charge in [-0.25, -0.2) is 0 Å². The van der Waals surface area contributed by atoms with Gasteiger partial charge in [-0.05, 0) is 53.9 Å². The molecule has 0 aromatic heterocycles. The summed E-state index contributed by atoms with van der Waals surface area (Å²) in [7, 11) is 8.38. The highest BCUT2D eigenvalue weighted by Gasteiger charge is 2.34. The fraction of sp³-hybridized carbons (Fsp3) is 0.909. The summed E-state index contributed by atoms with van der Waals surface area (Å²) >= 11 is 0. The van der Waals surface area contributed by atoms with Crippen LogP contribution in [0.2, 0.25) is 0 Å². The smallest absolute Gasteiger partial charge is 0.317 e. The predicted octanol–water partition coefficient (Wildman–Crippen LogP) is 1.55. The summed E-state index contributed by atoms with van der Waals surface area (Å²) < 4.78 is 4.99. The lowest BCUT2D eigenvalue weighted by Gasteiger charge is -2.44. The summed E-state index contributed by atoms with van der Waals surface area (Å²) in [6.07, 6.45) is 9.37. The topological polar surface area (TPSA) is 76.6 Å². The van der Waals surface area contributed by atoms with E-state index in [1.54, 1.807) is 0 Å². The van der Waals surface area contributed by atoms with Gasteiger partial charge in [-0.1, -0.05) is 25.7 Å². The van der Waals surface area contributed by atoms with Crippen LogP contribution in [0.4, 0.5) is 0 Å². The van der Waals surface area contributed by atoms with Crippen LogP contribution in [0.5, 0.6) is 0 Å². The van der Waals surface area contributed by atoms with Gasteiger partial charge < -0.3 is 19.6 Å². The number of hydrogen-bond acceptors (Lipinski definition) is 7. The first-order valence-corrected chi connectivity index (χ1v) is 11.4. The predicted molar refractivity (Wildman–Crippen MR) is 117 cm³/mol. The molecule has 0 aliphatic heterocycles. The second-order valence-electron chi connectivity index (χ2n) is 9.26. The summed E-state index contributed by atoms with van der Waals surface area (Å²) in [6.45, 7) is 2.92. The number of carbonyl (C=O) groups excluding carboxylic acids is 1. The van der Waals surface area contributed by atoms with E-state index in [9.17, 15) is 14.7 Å². The SMILES string of the molecule is CN(CCN(C)[C@H]1CCCC[C@@H]1N(C)CC(=O)O)[C@@H]1CCCC[C@H]1N(C)COC=O. The maximum absolute atomic E-state index is 11.2. The molecule has 2 fully saturated rings. The summed E-state index contributed by atoms with van der Waals surface area (Å²) in [5, 5.41) is 9.19. The van der Waals surface area contributed by atoms with Crippen LogP contribution in [0.15, 0.2) is 0 Å². The first-order valence-electron chi connectivity index (χ1n) is 11.4. The molecule has 0 aromatic carbocycles. The normalized spacial score (nSPS) is 27.7. The second kappa shape index (κ2) is 12.6. The van der Waals surface area contributed by atoms with E-state index in [-0.39, 0.29) is 6.54 Å². The van der Waals surface area contributed by atoms with Crippen molar-refractivity contribution in [1.82, 2.24) is 19.6 Å². The van der Waals surface area contributed by atoms with Crippen LogP contribution in [0.1, 0.15) is 51.4 Å². The van der Waals surface area contributed by atoms with Crippen LogP contribution in [0, 0.1) is 0 Å². The molecule has 4 atom stereocenters. The highest BCUT2D eigenvalue weighted by Crippen LogP contribution is 2.28. The lowest BCUT2D eigenvalue weighted by atomic mass is 9.88. The third-order valence-electron chi connectivity index (χ3n) is 7.19. The molecule has 1 N–H and O–H groups in total. The Balaban J connectivity index is 1.91. The average Bonchev–Trinajstić information content (AvgIpc) is 2.75. The van der Waals surface area contributed by atoms with Gasteiger partial charge in [0.15, 0.2) is 0 Å². The second-order valence-corrected chi connectivity index (χ2v) is 9.26. The largest absolute Gasteiger partial charge is 0.480 e. The summed E-state index contributed by atoms with van der Waals surface area (Å²) in [6, 6.07) is 1.57. The van der Waals surface area contributed by atoms with E-state index in [1.807, 2.05) is 19.0 Å². The van der Waals surface area contributed by atoms with Crippen LogP contribution < -0.4 is 0 Å². The molecule has 0 unspecified atom stereocenters. The molecule has 0 spiro atoms. The highest BCUT2D eigenvalue weighted by atomic mass is 16.5. The van der Waals surface area contributed by atoms with E-state index in [0.717, 1.165) is 32.4 Å². The van der Waals surface area contributed by atoms with E-state index in [0.29, 0.717) is 37.4 Å². The average molecular weight is 427 g/mol. The van der Waals surface area contributed by atoms with Crippen molar-refractivity contribution in [1.29, 1.82) is 0 Å². The molecule has 30 heavy (non-hydrogen) atoms. The van der Waals surface area contributed by atoms with Crippen molar-refractivity contribution in [2.24, 2.45) is 0 Å². The number of aliphatic carboxylic acids is 1. The number of ether oxygens (including phenoxy) is 1. The van der Waals surface area contributed by atoms with Crippen molar-refractivity contribution < 1.29 is 19.4 Å². The molecule has 8 heteroatoms. The number of rotatable bonds is 12. The molecule has 0 amide bonds. The van der Waals surface area contributed by atoms with Gasteiger partial charge in [-0.2, -0.15) is 0 Å². The fourth-order valence-electron chi connectivity index (χ4n) is 5.46. The Bertz CT molecular complexity index is 535. The molecule has 0 heterocycles. The maximum Gasteiger partial charge on any atom is 0.317 e. The minimum absolute atomic E-state index is 0.105. The van der Waals surface area contributed by atoms with Crippen molar-refractivity contribution in [3.05, 3.63) is 0 Å². The molecule has 2 aliphatic carbocycles. The van der Waals surface area contributed by atoms with Crippen LogP contribution in [0.25, 0.3) is 0 Å². The molecular weight excluding hydrogens is 384 g/mol. The van der Waals surface area contributed by atoms with Crippen LogP contribution in [-0.2, 0) is 14.3 Å². The lowest BCUT2D eigenvalue weighted by Crippen LogP contribution is -2.55. The molecule has 2 rings (SSSR count). The van der Waals surface area contributed by atoms with Crippen LogP contribution >= 0.6 is 0 Å². The van der Waals surface area contributed by atoms with Gasteiger partial charge in [0.1, 0.15) is 6.73 Å². The van der Waals surface area contributed by atoms with Crippen molar-refractivity contribution in [2.75, 3.05) is 54.6 Å². The Kier molecular flexibility index (Phi) is 10.5. The van der Waals surface area contributed by atoms with E-state index in [2.05, 4.69) is 28.8 Å². The molecule has 0 radical (unpaired) electrons. The standard InChI is InChI=1S/C22H42N4O4/c1-23(18-9-5-7-11-20(18)25(3)15-22(28)29)13-14-24(2)19-10-6-8-12-21(19)26(4)16-30-17-27/h17-21H,5-16H2,1-4H3,(H,28,29)/t18-,19+,20-,21+/m0/s1. The number of likely N-dealkylation sites (N-methyl/N-ethyl adjacent to an activating group) is 4. The minimum atomic E-state index is -0.754. The number of carboxylic acid groups (broad SMARTS) is 1. The van der Waals surface area contributed by atoms with Crippen molar-refractivity contribution in [3.63, 3.8) is 0 Å². The quantitative estimate of drug-likeness (QED) is 0.372. The Morgan fingerprint density at radius 3 is 1.60 bits per heavy atom. The molecule has 174 valence electrons. The molecule has 0 saturated heterocycles. The van der Waals surface area contributed by atoms with E-state index >= 15 is 0 Å². The zero-order valence-electron chi connectivity index (χ0n) is 19.3. The summed E-state index contributed by atoms with van der Waals surface area (Å²) in [5.41, 5.74) is 0. The van der Waals surface area contributed by atoms with E-state index in [1.165, 1.54) is 32.1 Å². The third-order valence-corrected chi connectivity index (χ3v) is 7.19. The number of carbonyl (C=O) groups is 2. The van der Waals surface area contributed by atoms with Crippen molar-refractivity contribution in [2.45, 2.75) is 75.5 Å². The van der Waals surface area contributed by atoms with Crippen LogP contribution in [0.3, 0.4) is 0 Å². The Labute approximate surface area is 182 Å². The van der Waals surface area contributed by atoms with Crippen molar-refractivity contribution >= 4 is 12.4 Å². The maximum atomic E-state index is 11.2. The molecular formula is C22H42N4O4. The summed E-state index contributed by atoms with van der Waals surface area (Å²) in [5.74, 6) is -0.754. The van der Waals surface area contributed by atoms with Gasteiger partial charge in [0.05, 0.1) is 6.54 Å². The molecule has 8 nitrogen and oxygen atoms in total. The van der Waals surface area contributed by atoms with E-state index in [4.69, 9.17) is 4.74 Å². The zero-order valence-corrected chi connectivity index (χ0v) is 19.3. The third kappa shape index (κ3) is 7.18. The van der Waals surface area contributed by atoms with Crippen LogP contribution in [-0.4, -0.2) is 116 Å². The Morgan fingerprint density at radius 1 is 0.800 bits per heavy atom. The Hall–Kier alpha value is -1.22. The van der Waals surface area contributed by atoms with Crippen molar-refractivity contribution in [3.8, 4) is 0 Å². The molecule has 0 aromatic rings. The zero-order chi connectivity index (χ0) is 22.1.